The average molecular weight is 227 g/mol. The molecule has 0 spiro atoms. The number of hydrogen-bond acceptors (Lipinski definition) is 2. The van der Waals surface area contributed by atoms with Crippen LogP contribution in [0, 0.1) is 0 Å². The van der Waals surface area contributed by atoms with E-state index in [0.29, 0.717) is 6.04 Å². The smallest absolute Gasteiger partial charge is 0.128 e. The highest BCUT2D eigenvalue weighted by molar-refractivity contribution is 9.09. The van der Waals surface area contributed by atoms with Crippen molar-refractivity contribution in [1.29, 1.82) is 0 Å². The summed E-state index contributed by atoms with van der Waals surface area (Å²) in [6.45, 7) is 3.01. The van der Waals surface area contributed by atoms with Crippen molar-refractivity contribution in [2.75, 3.05) is 11.9 Å². The first-order valence-corrected chi connectivity index (χ1v) is 5.18. The first-order valence-electron chi connectivity index (χ1n) is 4.06. The summed E-state index contributed by atoms with van der Waals surface area (Å²) in [5, 5.41) is 0.983. The van der Waals surface area contributed by atoms with E-state index in [1.54, 1.807) is 0 Å². The molecule has 2 rings (SSSR count). The summed E-state index contributed by atoms with van der Waals surface area (Å²) in [5.41, 5.74) is 1.28. The molecule has 2 nitrogen and oxygen atoms in total. The summed E-state index contributed by atoms with van der Waals surface area (Å²) in [4.78, 5) is 6.67. The lowest BCUT2D eigenvalue weighted by atomic mass is 10.2. The zero-order valence-corrected chi connectivity index (χ0v) is 8.58. The molecule has 1 unspecified atom stereocenters. The molecular formula is C9H11BrN2. The summed E-state index contributed by atoms with van der Waals surface area (Å²) in [7, 11) is 0. The molecule has 0 bridgehead atoms. The maximum atomic E-state index is 4.45. The van der Waals surface area contributed by atoms with Crippen LogP contribution in [0.1, 0.15) is 6.92 Å². The molecule has 64 valence electrons. The van der Waals surface area contributed by atoms with Gasteiger partial charge in [0.25, 0.3) is 0 Å². The number of halogens is 1. The second-order valence-electron chi connectivity index (χ2n) is 3.12. The van der Waals surface area contributed by atoms with Gasteiger partial charge in [-0.15, -0.1) is 0 Å². The van der Waals surface area contributed by atoms with Crippen LogP contribution in [0.3, 0.4) is 0 Å². The van der Waals surface area contributed by atoms with Gasteiger partial charge in [-0.1, -0.05) is 15.9 Å². The van der Waals surface area contributed by atoms with Gasteiger partial charge in [-0.25, -0.2) is 0 Å². The Morgan fingerprint density at radius 3 is 3.33 bits per heavy atom. The van der Waals surface area contributed by atoms with Crippen molar-refractivity contribution in [1.82, 2.24) is 4.90 Å². The summed E-state index contributed by atoms with van der Waals surface area (Å²) >= 11 is 3.48. The first kappa shape index (κ1) is 8.05. The topological polar surface area (TPSA) is 15.6 Å². The molecule has 0 radical (unpaired) electrons. The molecule has 0 aromatic rings. The van der Waals surface area contributed by atoms with Crippen molar-refractivity contribution in [2.24, 2.45) is 4.99 Å². The molecule has 12 heavy (non-hydrogen) atoms. The van der Waals surface area contributed by atoms with Crippen LogP contribution in [0.2, 0.25) is 0 Å². The van der Waals surface area contributed by atoms with E-state index < -0.39 is 0 Å². The van der Waals surface area contributed by atoms with Crippen molar-refractivity contribution < 1.29 is 0 Å². The fourth-order valence-corrected chi connectivity index (χ4v) is 1.96. The van der Waals surface area contributed by atoms with Gasteiger partial charge in [0.15, 0.2) is 0 Å². The Morgan fingerprint density at radius 2 is 2.58 bits per heavy atom. The zero-order valence-electron chi connectivity index (χ0n) is 7.00. The van der Waals surface area contributed by atoms with Crippen LogP contribution in [0.15, 0.2) is 28.9 Å². The van der Waals surface area contributed by atoms with Crippen molar-refractivity contribution in [3.63, 3.8) is 0 Å². The van der Waals surface area contributed by atoms with Crippen LogP contribution in [-0.2, 0) is 0 Å². The summed E-state index contributed by atoms with van der Waals surface area (Å²) < 4.78 is 0. The van der Waals surface area contributed by atoms with Gasteiger partial charge in [-0.3, -0.25) is 4.99 Å². The van der Waals surface area contributed by atoms with Crippen LogP contribution >= 0.6 is 15.9 Å². The van der Waals surface area contributed by atoms with Gasteiger partial charge >= 0.3 is 0 Å². The number of alkyl halides is 1. The summed E-state index contributed by atoms with van der Waals surface area (Å²) in [5.74, 6) is 1.11. The molecule has 0 aliphatic carbocycles. The number of rotatable bonds is 1. The van der Waals surface area contributed by atoms with Crippen molar-refractivity contribution in [3.05, 3.63) is 23.9 Å². The molecule has 0 saturated carbocycles. The van der Waals surface area contributed by atoms with Crippen molar-refractivity contribution in [3.8, 4) is 0 Å². The Bertz CT molecular complexity index is 278. The molecule has 2 heterocycles. The lowest BCUT2D eigenvalue weighted by Gasteiger charge is -2.23. The standard InChI is InChI=1S/C9H11BrN2/c1-7-2-3-12-8(5-10)6-11-9(12)4-7/h2-4,8H,5-6H2,1H3. The maximum absolute atomic E-state index is 4.45. The molecule has 1 atom stereocenters. The number of amidine groups is 1. The minimum absolute atomic E-state index is 0.514. The molecule has 0 aromatic heterocycles. The highest BCUT2D eigenvalue weighted by Gasteiger charge is 2.24. The fourth-order valence-electron chi connectivity index (χ4n) is 1.45. The molecule has 0 aromatic carbocycles. The van der Waals surface area contributed by atoms with E-state index >= 15 is 0 Å². The first-order chi connectivity index (χ1) is 5.81. The molecule has 0 N–H and O–H groups in total. The van der Waals surface area contributed by atoms with E-state index in [2.05, 4.69) is 51.1 Å². The average Bonchev–Trinajstić information content (AvgIpc) is 2.46. The van der Waals surface area contributed by atoms with Gasteiger partial charge in [0.1, 0.15) is 5.84 Å². The van der Waals surface area contributed by atoms with Crippen LogP contribution in [-0.4, -0.2) is 28.7 Å². The lowest BCUT2D eigenvalue weighted by Crippen LogP contribution is -2.33. The van der Waals surface area contributed by atoms with E-state index in [9.17, 15) is 0 Å². The third kappa shape index (κ3) is 1.22. The van der Waals surface area contributed by atoms with Gasteiger partial charge in [-0.05, 0) is 24.6 Å². The van der Waals surface area contributed by atoms with E-state index in [4.69, 9.17) is 0 Å². The second kappa shape index (κ2) is 3.05. The SMILES string of the molecule is CC1=CC2=NCC(CBr)N2C=C1. The molecule has 0 saturated heterocycles. The number of hydrogen-bond donors (Lipinski definition) is 0. The van der Waals surface area contributed by atoms with Gasteiger partial charge in [0.05, 0.1) is 12.6 Å². The Labute approximate surface area is 80.8 Å². The van der Waals surface area contributed by atoms with Gasteiger partial charge in [0, 0.05) is 11.5 Å². The van der Waals surface area contributed by atoms with Gasteiger partial charge in [-0.2, -0.15) is 0 Å². The minimum atomic E-state index is 0.514. The summed E-state index contributed by atoms with van der Waals surface area (Å²) in [6.07, 6.45) is 6.37. The predicted octanol–water partition coefficient (Wildman–Crippen LogP) is 1.94. The Balaban J connectivity index is 2.23. The highest BCUT2D eigenvalue weighted by atomic mass is 79.9. The zero-order chi connectivity index (χ0) is 8.55. The van der Waals surface area contributed by atoms with Crippen LogP contribution in [0.5, 0.6) is 0 Å². The van der Waals surface area contributed by atoms with Crippen LogP contribution < -0.4 is 0 Å². The monoisotopic (exact) mass is 226 g/mol. The number of allylic oxidation sites excluding steroid dienone is 2. The molecule has 2 aliphatic heterocycles. The third-order valence-electron chi connectivity index (χ3n) is 2.15. The van der Waals surface area contributed by atoms with E-state index in [1.807, 2.05) is 0 Å². The largest absolute Gasteiger partial charge is 0.328 e. The Morgan fingerprint density at radius 1 is 1.75 bits per heavy atom. The number of aliphatic imine (C=N–C) groups is 1. The predicted molar refractivity (Wildman–Crippen MR) is 54.6 cm³/mol. The van der Waals surface area contributed by atoms with Crippen molar-refractivity contribution in [2.45, 2.75) is 13.0 Å². The third-order valence-corrected chi connectivity index (χ3v) is 2.90. The molecule has 0 fully saturated rings. The van der Waals surface area contributed by atoms with Crippen molar-refractivity contribution >= 4 is 21.8 Å². The normalized spacial score (nSPS) is 26.8. The molecular weight excluding hydrogens is 216 g/mol. The fraction of sp³-hybridized carbons (Fsp3) is 0.444. The second-order valence-corrected chi connectivity index (χ2v) is 3.77. The van der Waals surface area contributed by atoms with Crippen LogP contribution in [0.25, 0.3) is 0 Å². The number of fused-ring (bicyclic) bond motifs is 1. The molecule has 0 amide bonds. The number of nitrogens with zero attached hydrogens (tertiary/aromatic N) is 2. The minimum Gasteiger partial charge on any atom is -0.328 e. The Hall–Kier alpha value is -0.570. The van der Waals surface area contributed by atoms with Gasteiger partial charge in [0.2, 0.25) is 0 Å². The highest BCUT2D eigenvalue weighted by Crippen LogP contribution is 2.19. The lowest BCUT2D eigenvalue weighted by molar-refractivity contribution is 0.481. The van der Waals surface area contributed by atoms with E-state index in [1.165, 1.54) is 5.57 Å². The maximum Gasteiger partial charge on any atom is 0.128 e. The van der Waals surface area contributed by atoms with E-state index in [-0.39, 0.29) is 0 Å². The molecule has 3 heteroatoms. The summed E-state index contributed by atoms with van der Waals surface area (Å²) in [6, 6.07) is 0.514. The van der Waals surface area contributed by atoms with E-state index in [0.717, 1.165) is 17.7 Å². The molecule has 2 aliphatic rings. The Kier molecular flexibility index (Phi) is 2.05. The van der Waals surface area contributed by atoms with Crippen LogP contribution in [0.4, 0.5) is 0 Å². The quantitative estimate of drug-likeness (QED) is 0.625. The van der Waals surface area contributed by atoms with Gasteiger partial charge < -0.3 is 4.90 Å².